The summed E-state index contributed by atoms with van der Waals surface area (Å²) in [4.78, 5) is 30.3. The minimum absolute atomic E-state index is 0.00827. The quantitative estimate of drug-likeness (QED) is 0.748. The summed E-state index contributed by atoms with van der Waals surface area (Å²) in [6.45, 7) is 6.54. The van der Waals surface area contributed by atoms with Crippen molar-refractivity contribution in [3.05, 3.63) is 30.3 Å². The lowest BCUT2D eigenvalue weighted by Gasteiger charge is -2.38. The van der Waals surface area contributed by atoms with E-state index >= 15 is 0 Å². The minimum atomic E-state index is -0.325. The summed E-state index contributed by atoms with van der Waals surface area (Å²) in [5.41, 5.74) is 5.29. The lowest BCUT2D eigenvalue weighted by Crippen LogP contribution is -2.53. The van der Waals surface area contributed by atoms with Crippen molar-refractivity contribution >= 4 is 11.8 Å². The number of primary amides is 1. The topological polar surface area (TPSA) is 79.1 Å². The minimum Gasteiger partial charge on any atom is -0.492 e. The number of rotatable bonds is 7. The lowest BCUT2D eigenvalue weighted by molar-refractivity contribution is -0.139. The Kier molecular flexibility index (Phi) is 7.06. The molecule has 0 aliphatic carbocycles. The van der Waals surface area contributed by atoms with Gasteiger partial charge in [-0.15, -0.1) is 0 Å². The highest BCUT2D eigenvalue weighted by molar-refractivity contribution is 5.80. The van der Waals surface area contributed by atoms with Gasteiger partial charge in [0.05, 0.1) is 12.5 Å². The molecule has 2 fully saturated rings. The van der Waals surface area contributed by atoms with Crippen LogP contribution in [0.25, 0.3) is 0 Å². The number of benzene rings is 1. The van der Waals surface area contributed by atoms with E-state index in [1.54, 1.807) is 0 Å². The molecule has 7 heteroatoms. The van der Waals surface area contributed by atoms with Gasteiger partial charge in [0.15, 0.2) is 0 Å². The zero-order chi connectivity index (χ0) is 19.1. The summed E-state index contributed by atoms with van der Waals surface area (Å²) in [6.07, 6.45) is 1.85. The molecule has 3 rings (SSSR count). The van der Waals surface area contributed by atoms with E-state index < -0.39 is 0 Å². The second-order valence-corrected chi connectivity index (χ2v) is 7.37. The van der Waals surface area contributed by atoms with E-state index in [2.05, 4.69) is 4.90 Å². The molecule has 27 heavy (non-hydrogen) atoms. The molecule has 1 unspecified atom stereocenters. The van der Waals surface area contributed by atoms with E-state index in [1.807, 2.05) is 40.1 Å². The Bertz CT molecular complexity index is 617. The third kappa shape index (κ3) is 5.94. The molecule has 0 radical (unpaired) electrons. The van der Waals surface area contributed by atoms with Gasteiger partial charge in [0, 0.05) is 39.3 Å². The second-order valence-electron chi connectivity index (χ2n) is 7.37. The van der Waals surface area contributed by atoms with Crippen LogP contribution in [-0.2, 0) is 9.59 Å². The molecule has 148 valence electrons. The molecule has 1 atom stereocenters. The Morgan fingerprint density at radius 3 is 2.48 bits per heavy atom. The number of piperidine rings is 1. The van der Waals surface area contributed by atoms with Gasteiger partial charge in [-0.05, 0) is 31.5 Å². The maximum absolute atomic E-state index is 12.8. The van der Waals surface area contributed by atoms with Gasteiger partial charge in [-0.25, -0.2) is 0 Å². The Balaban J connectivity index is 1.38. The molecule has 1 aromatic carbocycles. The SMILES string of the molecule is NC(=O)CN1CCCC(C(=O)N2CCN(CCOc3ccccc3)CC2)C1. The largest absolute Gasteiger partial charge is 0.492 e. The van der Waals surface area contributed by atoms with Gasteiger partial charge in [-0.1, -0.05) is 18.2 Å². The van der Waals surface area contributed by atoms with Crippen LogP contribution in [0.2, 0.25) is 0 Å². The van der Waals surface area contributed by atoms with Crippen LogP contribution in [-0.4, -0.2) is 85.5 Å². The third-order valence-electron chi connectivity index (χ3n) is 5.34. The molecule has 2 N–H and O–H groups in total. The van der Waals surface area contributed by atoms with Crippen molar-refractivity contribution < 1.29 is 14.3 Å². The number of carbonyl (C=O) groups excluding carboxylic acids is 2. The maximum atomic E-state index is 12.8. The normalized spacial score (nSPS) is 21.8. The molecule has 1 aromatic rings. The van der Waals surface area contributed by atoms with Crippen LogP contribution < -0.4 is 10.5 Å². The molecule has 0 spiro atoms. The standard InChI is InChI=1S/C20H30N4O3/c21-19(25)16-23-8-4-5-17(15-23)20(26)24-11-9-22(10-12-24)13-14-27-18-6-2-1-3-7-18/h1-3,6-7,17H,4-5,8-16H2,(H2,21,25). The number of nitrogens with zero attached hydrogens (tertiary/aromatic N) is 3. The number of piperazine rings is 1. The molecule has 0 saturated carbocycles. The van der Waals surface area contributed by atoms with Crippen molar-refractivity contribution in [2.24, 2.45) is 11.7 Å². The molecule has 2 aliphatic rings. The fourth-order valence-electron chi connectivity index (χ4n) is 3.88. The number of likely N-dealkylation sites (tertiary alicyclic amines) is 1. The molecule has 2 heterocycles. The fraction of sp³-hybridized carbons (Fsp3) is 0.600. The Morgan fingerprint density at radius 2 is 1.78 bits per heavy atom. The first-order valence-electron chi connectivity index (χ1n) is 9.81. The molecular weight excluding hydrogens is 344 g/mol. The number of carbonyl (C=O) groups is 2. The highest BCUT2D eigenvalue weighted by Gasteiger charge is 2.31. The summed E-state index contributed by atoms with van der Waals surface area (Å²) in [6, 6.07) is 9.83. The molecule has 2 amide bonds. The van der Waals surface area contributed by atoms with Crippen molar-refractivity contribution in [2.45, 2.75) is 12.8 Å². The molecule has 2 aliphatic heterocycles. The zero-order valence-electron chi connectivity index (χ0n) is 15.9. The monoisotopic (exact) mass is 374 g/mol. The summed E-state index contributed by atoms with van der Waals surface area (Å²) < 4.78 is 5.76. The van der Waals surface area contributed by atoms with Crippen LogP contribution in [0.5, 0.6) is 5.75 Å². The average molecular weight is 374 g/mol. The number of ether oxygens (including phenoxy) is 1. The molecular formula is C20H30N4O3. The van der Waals surface area contributed by atoms with Crippen molar-refractivity contribution in [2.75, 3.05) is 59.0 Å². The van der Waals surface area contributed by atoms with Crippen molar-refractivity contribution in [3.8, 4) is 5.75 Å². The predicted octanol–water partition coefficient (Wildman–Crippen LogP) is 0.407. The molecule has 2 saturated heterocycles. The zero-order valence-corrected chi connectivity index (χ0v) is 15.9. The second kappa shape index (κ2) is 9.71. The Labute approximate surface area is 161 Å². The average Bonchev–Trinajstić information content (AvgIpc) is 2.68. The summed E-state index contributed by atoms with van der Waals surface area (Å²) >= 11 is 0. The van der Waals surface area contributed by atoms with Crippen LogP contribution in [0.3, 0.4) is 0 Å². The van der Waals surface area contributed by atoms with Crippen LogP contribution in [0.15, 0.2) is 30.3 Å². The first kappa shape index (κ1) is 19.6. The van der Waals surface area contributed by atoms with Crippen LogP contribution in [0.1, 0.15) is 12.8 Å². The summed E-state index contributed by atoms with van der Waals surface area (Å²) in [5.74, 6) is 0.786. The van der Waals surface area contributed by atoms with E-state index in [1.165, 1.54) is 0 Å². The Hall–Kier alpha value is -2.12. The smallest absolute Gasteiger partial charge is 0.231 e. The number of hydrogen-bond donors (Lipinski definition) is 1. The van der Waals surface area contributed by atoms with Gasteiger partial charge in [0.25, 0.3) is 0 Å². The van der Waals surface area contributed by atoms with Gasteiger partial charge >= 0.3 is 0 Å². The van der Waals surface area contributed by atoms with E-state index in [9.17, 15) is 9.59 Å². The van der Waals surface area contributed by atoms with Crippen LogP contribution in [0.4, 0.5) is 0 Å². The predicted molar refractivity (Wildman–Crippen MR) is 103 cm³/mol. The first-order chi connectivity index (χ1) is 13.1. The summed E-state index contributed by atoms with van der Waals surface area (Å²) in [7, 11) is 0. The van der Waals surface area contributed by atoms with E-state index in [0.29, 0.717) is 13.2 Å². The molecule has 0 bridgehead atoms. The van der Waals surface area contributed by atoms with E-state index in [0.717, 1.165) is 57.9 Å². The highest BCUT2D eigenvalue weighted by Crippen LogP contribution is 2.19. The van der Waals surface area contributed by atoms with Crippen molar-refractivity contribution in [1.82, 2.24) is 14.7 Å². The van der Waals surface area contributed by atoms with Crippen molar-refractivity contribution in [3.63, 3.8) is 0 Å². The summed E-state index contributed by atoms with van der Waals surface area (Å²) in [5, 5.41) is 0. The van der Waals surface area contributed by atoms with Gasteiger partial charge in [-0.3, -0.25) is 19.4 Å². The Morgan fingerprint density at radius 1 is 1.04 bits per heavy atom. The fourth-order valence-corrected chi connectivity index (χ4v) is 3.88. The molecule has 7 nitrogen and oxygen atoms in total. The van der Waals surface area contributed by atoms with Gasteiger partial charge in [0.2, 0.25) is 11.8 Å². The van der Waals surface area contributed by atoms with Gasteiger partial charge in [-0.2, -0.15) is 0 Å². The van der Waals surface area contributed by atoms with Crippen LogP contribution in [0, 0.1) is 5.92 Å². The number of para-hydroxylation sites is 1. The van der Waals surface area contributed by atoms with E-state index in [4.69, 9.17) is 10.5 Å². The third-order valence-corrected chi connectivity index (χ3v) is 5.34. The number of nitrogens with two attached hydrogens (primary N) is 1. The van der Waals surface area contributed by atoms with Crippen molar-refractivity contribution in [1.29, 1.82) is 0 Å². The van der Waals surface area contributed by atoms with E-state index in [-0.39, 0.29) is 24.3 Å². The van der Waals surface area contributed by atoms with Crippen LogP contribution >= 0.6 is 0 Å². The molecule has 0 aromatic heterocycles. The number of hydrogen-bond acceptors (Lipinski definition) is 5. The first-order valence-corrected chi connectivity index (χ1v) is 9.81. The van der Waals surface area contributed by atoms with Gasteiger partial charge < -0.3 is 15.4 Å². The number of amides is 2. The maximum Gasteiger partial charge on any atom is 0.231 e. The highest BCUT2D eigenvalue weighted by atomic mass is 16.5. The van der Waals surface area contributed by atoms with Gasteiger partial charge in [0.1, 0.15) is 12.4 Å². The lowest BCUT2D eigenvalue weighted by atomic mass is 9.96.